The Morgan fingerprint density at radius 2 is 1.97 bits per heavy atom. The lowest BCUT2D eigenvalue weighted by atomic mass is 9.85. The van der Waals surface area contributed by atoms with E-state index >= 15 is 0 Å². The third-order valence-corrected chi connectivity index (χ3v) is 6.47. The van der Waals surface area contributed by atoms with Crippen molar-refractivity contribution in [1.82, 2.24) is 15.2 Å². The number of aromatic nitrogens is 1. The Balaban J connectivity index is 1.65. The summed E-state index contributed by atoms with van der Waals surface area (Å²) in [5.74, 6) is 0.383. The molecule has 34 heavy (non-hydrogen) atoms. The molecule has 2 aliphatic heterocycles. The first kappa shape index (κ1) is 24.1. The van der Waals surface area contributed by atoms with E-state index < -0.39 is 17.7 Å². The van der Waals surface area contributed by atoms with Gasteiger partial charge < -0.3 is 24.7 Å². The number of benzene rings is 1. The van der Waals surface area contributed by atoms with Crippen LogP contribution >= 0.6 is 0 Å². The number of esters is 1. The molecule has 4 rings (SSSR count). The number of piperazine rings is 1. The SMILES string of the molecule is COc1ccc2c3c([nH]c2c1)C(CC(C)C)N1C(=O)[C@H](CCC(=O)OC(C)(C)C)NC(=O)[C@@H]1C3. The van der Waals surface area contributed by atoms with Gasteiger partial charge in [-0.25, -0.2) is 0 Å². The van der Waals surface area contributed by atoms with Gasteiger partial charge in [0.15, 0.2) is 0 Å². The number of amides is 2. The number of fused-ring (bicyclic) bond motifs is 4. The van der Waals surface area contributed by atoms with Crippen LogP contribution in [0.3, 0.4) is 0 Å². The van der Waals surface area contributed by atoms with Crippen molar-refractivity contribution in [3.8, 4) is 5.75 Å². The normalized spacial score (nSPS) is 22.4. The van der Waals surface area contributed by atoms with Crippen LogP contribution in [0.4, 0.5) is 0 Å². The van der Waals surface area contributed by atoms with E-state index in [-0.39, 0.29) is 36.7 Å². The number of carbonyl (C=O) groups is 3. The van der Waals surface area contributed by atoms with Crippen molar-refractivity contribution >= 4 is 28.7 Å². The number of hydrogen-bond acceptors (Lipinski definition) is 5. The van der Waals surface area contributed by atoms with Crippen LogP contribution in [-0.2, 0) is 25.5 Å². The standard InChI is InChI=1S/C26H35N3O5/c1-14(2)11-20-23-17(16-8-7-15(33-6)12-19(16)27-23)13-21-24(31)28-18(25(32)29(20)21)9-10-22(30)34-26(3,4)5/h7-8,12,14,18,20-21,27H,9-11,13H2,1-6H3,(H,28,31)/t18-,20?,21-/m0/s1. The molecule has 1 fully saturated rings. The summed E-state index contributed by atoms with van der Waals surface area (Å²) in [5, 5.41) is 3.93. The third-order valence-electron chi connectivity index (χ3n) is 6.47. The topological polar surface area (TPSA) is 101 Å². The largest absolute Gasteiger partial charge is 0.497 e. The molecule has 0 spiro atoms. The lowest BCUT2D eigenvalue weighted by Crippen LogP contribution is -2.66. The number of methoxy groups -OCH3 is 1. The fraction of sp³-hybridized carbons (Fsp3) is 0.577. The van der Waals surface area contributed by atoms with Gasteiger partial charge >= 0.3 is 5.97 Å². The molecule has 3 heterocycles. The fourth-order valence-electron chi connectivity index (χ4n) is 5.10. The second kappa shape index (κ2) is 8.96. The van der Waals surface area contributed by atoms with Gasteiger partial charge in [0.1, 0.15) is 23.4 Å². The summed E-state index contributed by atoms with van der Waals surface area (Å²) in [5.41, 5.74) is 2.42. The monoisotopic (exact) mass is 469 g/mol. The number of nitrogens with one attached hydrogen (secondary N) is 2. The van der Waals surface area contributed by atoms with Crippen LogP contribution in [-0.4, -0.2) is 52.5 Å². The summed E-state index contributed by atoms with van der Waals surface area (Å²) in [7, 11) is 1.63. The van der Waals surface area contributed by atoms with Gasteiger partial charge in [0.05, 0.1) is 13.2 Å². The van der Waals surface area contributed by atoms with Gasteiger partial charge in [-0.3, -0.25) is 14.4 Å². The molecule has 1 aromatic heterocycles. The molecule has 3 atom stereocenters. The Morgan fingerprint density at radius 1 is 1.24 bits per heavy atom. The van der Waals surface area contributed by atoms with E-state index in [1.165, 1.54) is 0 Å². The zero-order valence-electron chi connectivity index (χ0n) is 20.9. The summed E-state index contributed by atoms with van der Waals surface area (Å²) in [6.45, 7) is 9.65. The van der Waals surface area contributed by atoms with Crippen molar-refractivity contribution in [2.24, 2.45) is 5.92 Å². The molecule has 8 heteroatoms. The zero-order valence-corrected chi connectivity index (χ0v) is 20.9. The second-order valence-corrected chi connectivity index (χ2v) is 10.7. The first-order valence-corrected chi connectivity index (χ1v) is 12.0. The van der Waals surface area contributed by atoms with Crippen LogP contribution in [0, 0.1) is 5.92 Å². The van der Waals surface area contributed by atoms with Crippen molar-refractivity contribution in [2.75, 3.05) is 7.11 Å². The average Bonchev–Trinajstić information content (AvgIpc) is 3.11. The molecule has 0 radical (unpaired) electrons. The number of hydrogen-bond donors (Lipinski definition) is 2. The van der Waals surface area contributed by atoms with Crippen LogP contribution in [0.5, 0.6) is 5.75 Å². The summed E-state index contributed by atoms with van der Waals surface area (Å²) >= 11 is 0. The van der Waals surface area contributed by atoms with E-state index in [1.807, 2.05) is 18.2 Å². The Labute approximate surface area is 200 Å². The summed E-state index contributed by atoms with van der Waals surface area (Å²) in [6.07, 6.45) is 1.46. The van der Waals surface area contributed by atoms with Gasteiger partial charge in [-0.1, -0.05) is 13.8 Å². The highest BCUT2D eigenvalue weighted by Gasteiger charge is 2.48. The fourth-order valence-corrected chi connectivity index (χ4v) is 5.10. The van der Waals surface area contributed by atoms with Crippen LogP contribution in [0.2, 0.25) is 0 Å². The molecular weight excluding hydrogens is 434 g/mol. The van der Waals surface area contributed by atoms with E-state index in [9.17, 15) is 14.4 Å². The van der Waals surface area contributed by atoms with Crippen LogP contribution in [0.1, 0.15) is 71.2 Å². The lowest BCUT2D eigenvalue weighted by Gasteiger charge is -2.46. The lowest BCUT2D eigenvalue weighted by molar-refractivity contribution is -0.157. The predicted molar refractivity (Wildman–Crippen MR) is 128 cm³/mol. The molecule has 1 unspecified atom stereocenters. The van der Waals surface area contributed by atoms with Gasteiger partial charge in [0.25, 0.3) is 0 Å². The van der Waals surface area contributed by atoms with Crippen LogP contribution < -0.4 is 10.1 Å². The van der Waals surface area contributed by atoms with Crippen molar-refractivity contribution < 1.29 is 23.9 Å². The van der Waals surface area contributed by atoms with E-state index in [2.05, 4.69) is 24.1 Å². The Morgan fingerprint density at radius 3 is 2.62 bits per heavy atom. The third kappa shape index (κ3) is 4.63. The van der Waals surface area contributed by atoms with Gasteiger partial charge in [0.2, 0.25) is 11.8 Å². The molecule has 0 bridgehead atoms. The molecule has 8 nitrogen and oxygen atoms in total. The maximum absolute atomic E-state index is 13.6. The summed E-state index contributed by atoms with van der Waals surface area (Å²) in [6, 6.07) is 4.33. The molecule has 0 aliphatic carbocycles. The summed E-state index contributed by atoms with van der Waals surface area (Å²) in [4.78, 5) is 44.4. The molecule has 2 aliphatic rings. The molecule has 184 valence electrons. The first-order chi connectivity index (χ1) is 16.0. The van der Waals surface area contributed by atoms with E-state index in [0.29, 0.717) is 12.3 Å². The highest BCUT2D eigenvalue weighted by molar-refractivity contribution is 5.99. The van der Waals surface area contributed by atoms with Crippen molar-refractivity contribution in [2.45, 2.75) is 84.0 Å². The minimum Gasteiger partial charge on any atom is -0.497 e. The van der Waals surface area contributed by atoms with Gasteiger partial charge in [0, 0.05) is 35.5 Å². The maximum Gasteiger partial charge on any atom is 0.306 e. The molecule has 1 saturated heterocycles. The number of H-pyrrole nitrogens is 1. The number of aromatic amines is 1. The smallest absolute Gasteiger partial charge is 0.306 e. The highest BCUT2D eigenvalue weighted by Crippen LogP contribution is 2.42. The van der Waals surface area contributed by atoms with E-state index in [4.69, 9.17) is 9.47 Å². The molecule has 2 amide bonds. The molecule has 2 aromatic rings. The van der Waals surface area contributed by atoms with Crippen LogP contribution in [0.15, 0.2) is 18.2 Å². The highest BCUT2D eigenvalue weighted by atomic mass is 16.6. The van der Waals surface area contributed by atoms with Crippen LogP contribution in [0.25, 0.3) is 10.9 Å². The van der Waals surface area contributed by atoms with Crippen molar-refractivity contribution in [3.63, 3.8) is 0 Å². The van der Waals surface area contributed by atoms with Crippen molar-refractivity contribution in [3.05, 3.63) is 29.5 Å². The number of ether oxygens (including phenoxy) is 2. The molecule has 0 saturated carbocycles. The Kier molecular flexibility index (Phi) is 6.36. The van der Waals surface area contributed by atoms with Gasteiger partial charge in [-0.2, -0.15) is 0 Å². The minimum absolute atomic E-state index is 0.0682. The second-order valence-electron chi connectivity index (χ2n) is 10.7. The van der Waals surface area contributed by atoms with E-state index in [0.717, 1.165) is 34.3 Å². The van der Waals surface area contributed by atoms with E-state index in [1.54, 1.807) is 32.8 Å². The minimum atomic E-state index is -0.739. The predicted octanol–water partition coefficient (Wildman–Crippen LogP) is 3.64. The quantitative estimate of drug-likeness (QED) is 0.629. The number of rotatable bonds is 6. The first-order valence-electron chi connectivity index (χ1n) is 12.0. The van der Waals surface area contributed by atoms with Gasteiger partial charge in [-0.05, 0) is 57.2 Å². The number of carbonyl (C=O) groups excluding carboxylic acids is 3. The Bertz CT molecular complexity index is 1110. The van der Waals surface area contributed by atoms with Crippen molar-refractivity contribution in [1.29, 1.82) is 0 Å². The molecule has 1 aromatic carbocycles. The van der Waals surface area contributed by atoms with Gasteiger partial charge in [-0.15, -0.1) is 0 Å². The zero-order chi connectivity index (χ0) is 24.8. The average molecular weight is 470 g/mol. The molecular formula is C26H35N3O5. The summed E-state index contributed by atoms with van der Waals surface area (Å²) < 4.78 is 10.8. The molecule has 2 N–H and O–H groups in total. The Hall–Kier alpha value is -3.03. The number of nitrogens with zero attached hydrogens (tertiary/aromatic N) is 1. The maximum atomic E-state index is 13.6.